The Balaban J connectivity index is 1.93. The molecule has 5 heteroatoms. The number of benzene rings is 1. The van der Waals surface area contributed by atoms with E-state index in [4.69, 9.17) is 4.74 Å². The second kappa shape index (κ2) is 9.37. The minimum atomic E-state index is 0.139. The highest BCUT2D eigenvalue weighted by molar-refractivity contribution is 7.09. The highest BCUT2D eigenvalue weighted by atomic mass is 32.1. The first kappa shape index (κ1) is 19.2. The summed E-state index contributed by atoms with van der Waals surface area (Å²) in [6, 6.07) is 7.97. The lowest BCUT2D eigenvalue weighted by molar-refractivity contribution is -0.132. The second-order valence-corrected chi connectivity index (χ2v) is 7.44. The van der Waals surface area contributed by atoms with Crippen molar-refractivity contribution in [2.75, 3.05) is 6.54 Å². The molecular weight excluding hydrogens is 332 g/mol. The molecule has 1 amide bonds. The lowest BCUT2D eigenvalue weighted by Crippen LogP contribution is -2.31. The summed E-state index contributed by atoms with van der Waals surface area (Å²) in [4.78, 5) is 18.7. The van der Waals surface area contributed by atoms with Gasteiger partial charge in [-0.1, -0.05) is 37.6 Å². The SMILES string of the molecule is C=CCN(Cc1csc(COc2ccc(C)cc2)n1)C(=O)CC(C)C. The summed E-state index contributed by atoms with van der Waals surface area (Å²) < 4.78 is 5.76. The molecular formula is C20H26N2O2S. The molecule has 0 aliphatic carbocycles. The van der Waals surface area contributed by atoms with E-state index in [1.54, 1.807) is 22.3 Å². The molecule has 0 aliphatic rings. The Morgan fingerprint density at radius 2 is 2.08 bits per heavy atom. The van der Waals surface area contributed by atoms with Gasteiger partial charge >= 0.3 is 0 Å². The minimum Gasteiger partial charge on any atom is -0.486 e. The van der Waals surface area contributed by atoms with Crippen molar-refractivity contribution in [2.45, 2.75) is 40.3 Å². The standard InChI is InChI=1S/C20H26N2O2S/c1-5-10-22(20(23)11-15(2)3)12-17-14-25-19(21-17)13-24-18-8-6-16(4)7-9-18/h5-9,14-15H,1,10-13H2,2-4H3. The maximum atomic E-state index is 12.3. The molecule has 0 N–H and O–H groups in total. The summed E-state index contributed by atoms with van der Waals surface area (Å²) in [6.45, 7) is 11.4. The van der Waals surface area contributed by atoms with E-state index in [2.05, 4.69) is 11.6 Å². The third-order valence-electron chi connectivity index (χ3n) is 3.62. The van der Waals surface area contributed by atoms with Gasteiger partial charge in [0.15, 0.2) is 0 Å². The molecule has 0 fully saturated rings. The third kappa shape index (κ3) is 6.35. The Morgan fingerprint density at radius 3 is 2.72 bits per heavy atom. The van der Waals surface area contributed by atoms with Crippen LogP contribution in [0.3, 0.4) is 0 Å². The molecule has 1 aromatic heterocycles. The van der Waals surface area contributed by atoms with E-state index in [9.17, 15) is 4.79 Å². The zero-order chi connectivity index (χ0) is 18.2. The van der Waals surface area contributed by atoms with Crippen LogP contribution in [-0.2, 0) is 17.9 Å². The number of rotatable bonds is 9. The average molecular weight is 359 g/mol. The number of hydrogen-bond acceptors (Lipinski definition) is 4. The number of carbonyl (C=O) groups is 1. The zero-order valence-electron chi connectivity index (χ0n) is 15.2. The minimum absolute atomic E-state index is 0.139. The van der Waals surface area contributed by atoms with Gasteiger partial charge in [-0.25, -0.2) is 4.98 Å². The molecule has 1 aromatic carbocycles. The van der Waals surface area contributed by atoms with E-state index >= 15 is 0 Å². The van der Waals surface area contributed by atoms with Crippen LogP contribution in [0.5, 0.6) is 5.75 Å². The van der Waals surface area contributed by atoms with Crippen molar-refractivity contribution in [3.8, 4) is 5.75 Å². The van der Waals surface area contributed by atoms with E-state index in [1.165, 1.54) is 5.56 Å². The van der Waals surface area contributed by atoms with Gasteiger partial charge in [-0.05, 0) is 25.0 Å². The molecule has 0 aliphatic heterocycles. The molecule has 0 unspecified atom stereocenters. The first-order chi connectivity index (χ1) is 12.0. The maximum absolute atomic E-state index is 12.3. The number of amides is 1. The fourth-order valence-electron chi connectivity index (χ4n) is 2.35. The van der Waals surface area contributed by atoms with E-state index < -0.39 is 0 Å². The van der Waals surface area contributed by atoms with Gasteiger partial charge in [-0.2, -0.15) is 0 Å². The molecule has 25 heavy (non-hydrogen) atoms. The van der Waals surface area contributed by atoms with E-state index in [0.717, 1.165) is 16.5 Å². The van der Waals surface area contributed by atoms with Crippen LogP contribution in [0.15, 0.2) is 42.3 Å². The van der Waals surface area contributed by atoms with Gasteiger partial charge in [0, 0.05) is 18.3 Å². The second-order valence-electron chi connectivity index (χ2n) is 6.50. The van der Waals surface area contributed by atoms with Crippen molar-refractivity contribution < 1.29 is 9.53 Å². The number of thiazole rings is 1. The van der Waals surface area contributed by atoms with Crippen molar-refractivity contribution >= 4 is 17.2 Å². The van der Waals surface area contributed by atoms with E-state index in [-0.39, 0.29) is 5.91 Å². The zero-order valence-corrected chi connectivity index (χ0v) is 16.0. The predicted molar refractivity (Wildman–Crippen MR) is 103 cm³/mol. The van der Waals surface area contributed by atoms with E-state index in [1.807, 2.05) is 50.4 Å². The summed E-state index contributed by atoms with van der Waals surface area (Å²) in [6.07, 6.45) is 2.30. The first-order valence-corrected chi connectivity index (χ1v) is 9.37. The van der Waals surface area contributed by atoms with Gasteiger partial charge in [-0.15, -0.1) is 17.9 Å². The number of carbonyl (C=O) groups excluding carboxylic acids is 1. The molecule has 0 bridgehead atoms. The Kier molecular flexibility index (Phi) is 7.19. The lowest BCUT2D eigenvalue weighted by Gasteiger charge is -2.21. The van der Waals surface area contributed by atoms with Crippen molar-refractivity contribution in [3.05, 3.63) is 58.6 Å². The van der Waals surface area contributed by atoms with Crippen LogP contribution >= 0.6 is 11.3 Å². The molecule has 2 aromatic rings. The van der Waals surface area contributed by atoms with Crippen molar-refractivity contribution in [1.29, 1.82) is 0 Å². The smallest absolute Gasteiger partial charge is 0.223 e. The molecule has 0 saturated heterocycles. The van der Waals surface area contributed by atoms with E-state index in [0.29, 0.717) is 32.0 Å². The summed E-state index contributed by atoms with van der Waals surface area (Å²) in [5, 5.41) is 2.90. The van der Waals surface area contributed by atoms with Gasteiger partial charge in [-0.3, -0.25) is 4.79 Å². The van der Waals surface area contributed by atoms with Crippen LogP contribution in [0.1, 0.15) is 36.5 Å². The van der Waals surface area contributed by atoms with Crippen LogP contribution in [0.25, 0.3) is 0 Å². The fourth-order valence-corrected chi connectivity index (χ4v) is 3.05. The number of hydrogen-bond donors (Lipinski definition) is 0. The molecule has 0 atom stereocenters. The van der Waals surface area contributed by atoms with Gasteiger partial charge in [0.2, 0.25) is 5.91 Å². The number of aromatic nitrogens is 1. The van der Waals surface area contributed by atoms with Gasteiger partial charge in [0.1, 0.15) is 17.4 Å². The van der Waals surface area contributed by atoms with Gasteiger partial charge in [0.25, 0.3) is 0 Å². The van der Waals surface area contributed by atoms with Crippen molar-refractivity contribution in [1.82, 2.24) is 9.88 Å². The van der Waals surface area contributed by atoms with Crippen molar-refractivity contribution in [3.63, 3.8) is 0 Å². The van der Waals surface area contributed by atoms with Crippen LogP contribution in [0, 0.1) is 12.8 Å². The third-order valence-corrected chi connectivity index (χ3v) is 4.49. The fraction of sp³-hybridized carbons (Fsp3) is 0.400. The molecule has 1 heterocycles. The van der Waals surface area contributed by atoms with Crippen LogP contribution in [0.4, 0.5) is 0 Å². The quantitative estimate of drug-likeness (QED) is 0.616. The number of aryl methyl sites for hydroxylation is 1. The molecule has 4 nitrogen and oxygen atoms in total. The Bertz CT molecular complexity index is 692. The highest BCUT2D eigenvalue weighted by Crippen LogP contribution is 2.17. The Labute approximate surface area is 154 Å². The Morgan fingerprint density at radius 1 is 1.36 bits per heavy atom. The van der Waals surface area contributed by atoms with Gasteiger partial charge in [0.05, 0.1) is 12.2 Å². The van der Waals surface area contributed by atoms with Crippen LogP contribution < -0.4 is 4.74 Å². The predicted octanol–water partition coefficient (Wildman–Crippen LogP) is 4.59. The Hall–Kier alpha value is -2.14. The topological polar surface area (TPSA) is 42.4 Å². The van der Waals surface area contributed by atoms with Crippen LogP contribution in [-0.4, -0.2) is 22.3 Å². The normalized spacial score (nSPS) is 10.7. The lowest BCUT2D eigenvalue weighted by atomic mass is 10.1. The molecule has 134 valence electrons. The number of nitrogens with zero attached hydrogens (tertiary/aromatic N) is 2. The molecule has 0 spiro atoms. The summed E-state index contributed by atoms with van der Waals surface area (Å²) in [7, 11) is 0. The first-order valence-electron chi connectivity index (χ1n) is 8.49. The summed E-state index contributed by atoms with van der Waals surface area (Å²) >= 11 is 1.56. The monoisotopic (exact) mass is 358 g/mol. The van der Waals surface area contributed by atoms with Gasteiger partial charge < -0.3 is 9.64 Å². The molecule has 0 radical (unpaired) electrons. The largest absolute Gasteiger partial charge is 0.486 e. The molecule has 2 rings (SSSR count). The molecule has 0 saturated carbocycles. The summed E-state index contributed by atoms with van der Waals surface area (Å²) in [5.41, 5.74) is 2.10. The van der Waals surface area contributed by atoms with Crippen LogP contribution in [0.2, 0.25) is 0 Å². The summed E-state index contributed by atoms with van der Waals surface area (Å²) in [5.74, 6) is 1.32. The van der Waals surface area contributed by atoms with Crippen molar-refractivity contribution in [2.24, 2.45) is 5.92 Å². The maximum Gasteiger partial charge on any atom is 0.223 e. The highest BCUT2D eigenvalue weighted by Gasteiger charge is 2.15. The average Bonchev–Trinajstić information content (AvgIpc) is 3.01. The number of ether oxygens (including phenoxy) is 1.